The fourth-order valence-electron chi connectivity index (χ4n) is 4.80. The standard InChI is InChI=1S/C25H22FN9O2/c1-14-6-18(17(26)8-20(14)37-16-2-4-35-21(7-16)30-13-32-35)33-24-22-19(29-12-31-24)10-28-25-23(22)36-11-15-9-27-3-5-34(15)25/h2,4,6-8,10,12-13,15,27H,3,5,9,11H2,1H3,(H,29,31,33)/t15-/m1/s1. The smallest absolute Gasteiger partial charge is 0.175 e. The van der Waals surface area contributed by atoms with E-state index in [1.165, 1.54) is 18.7 Å². The Morgan fingerprint density at radius 2 is 2.11 bits per heavy atom. The second kappa shape index (κ2) is 8.52. The quantitative estimate of drug-likeness (QED) is 0.382. The van der Waals surface area contributed by atoms with E-state index in [-0.39, 0.29) is 11.7 Å². The predicted octanol–water partition coefficient (Wildman–Crippen LogP) is 3.22. The number of anilines is 3. The van der Waals surface area contributed by atoms with Gasteiger partial charge >= 0.3 is 0 Å². The van der Waals surface area contributed by atoms with Gasteiger partial charge in [0.15, 0.2) is 17.2 Å². The molecule has 0 spiro atoms. The molecule has 0 bridgehead atoms. The van der Waals surface area contributed by atoms with Gasteiger partial charge in [-0.25, -0.2) is 28.8 Å². The van der Waals surface area contributed by atoms with Crippen LogP contribution in [0.25, 0.3) is 16.6 Å². The van der Waals surface area contributed by atoms with Crippen LogP contribution in [0.4, 0.5) is 21.7 Å². The molecule has 7 rings (SSSR count). The van der Waals surface area contributed by atoms with Crippen molar-refractivity contribution in [1.82, 2.24) is 34.9 Å². The van der Waals surface area contributed by atoms with Crippen molar-refractivity contribution in [3.8, 4) is 17.2 Å². The van der Waals surface area contributed by atoms with E-state index in [9.17, 15) is 0 Å². The fraction of sp³-hybridized carbons (Fsp3) is 0.240. The number of nitrogens with zero attached hydrogens (tertiary/aromatic N) is 7. The van der Waals surface area contributed by atoms with Gasteiger partial charge in [0.2, 0.25) is 0 Å². The molecule has 0 aliphatic carbocycles. The first-order valence-corrected chi connectivity index (χ1v) is 11.9. The summed E-state index contributed by atoms with van der Waals surface area (Å²) in [5.74, 6) is 2.26. The minimum Gasteiger partial charge on any atom is -0.487 e. The molecule has 2 aliphatic heterocycles. The Morgan fingerprint density at radius 1 is 1.16 bits per heavy atom. The minimum absolute atomic E-state index is 0.213. The van der Waals surface area contributed by atoms with Gasteiger partial charge in [0.25, 0.3) is 0 Å². The first-order chi connectivity index (χ1) is 18.1. The lowest BCUT2D eigenvalue weighted by Gasteiger charge is -2.41. The van der Waals surface area contributed by atoms with Crippen LogP contribution in [0.3, 0.4) is 0 Å². The molecule has 186 valence electrons. The lowest BCUT2D eigenvalue weighted by Crippen LogP contribution is -2.56. The Balaban J connectivity index is 1.23. The highest BCUT2D eigenvalue weighted by molar-refractivity contribution is 5.98. The average molecular weight is 500 g/mol. The normalized spacial score (nSPS) is 16.8. The molecule has 11 nitrogen and oxygen atoms in total. The summed E-state index contributed by atoms with van der Waals surface area (Å²) in [6.45, 7) is 4.91. The highest BCUT2D eigenvalue weighted by Gasteiger charge is 2.33. The van der Waals surface area contributed by atoms with Gasteiger partial charge in [-0.3, -0.25) is 0 Å². The largest absolute Gasteiger partial charge is 0.487 e. The van der Waals surface area contributed by atoms with E-state index in [1.807, 2.05) is 6.92 Å². The number of aryl methyl sites for hydroxylation is 1. The highest BCUT2D eigenvalue weighted by atomic mass is 19.1. The van der Waals surface area contributed by atoms with Crippen LogP contribution in [0.2, 0.25) is 0 Å². The van der Waals surface area contributed by atoms with Crippen molar-refractivity contribution in [3.05, 3.63) is 60.7 Å². The molecule has 12 heteroatoms. The first-order valence-electron chi connectivity index (χ1n) is 11.9. The topological polar surface area (TPSA) is 115 Å². The molecule has 0 saturated carbocycles. The number of ether oxygens (including phenoxy) is 2. The molecule has 1 saturated heterocycles. The lowest BCUT2D eigenvalue weighted by atomic mass is 10.1. The van der Waals surface area contributed by atoms with Crippen LogP contribution in [0.15, 0.2) is 49.3 Å². The van der Waals surface area contributed by atoms with Crippen LogP contribution in [-0.4, -0.2) is 61.8 Å². The summed E-state index contributed by atoms with van der Waals surface area (Å²) in [5, 5.41) is 11.3. The predicted molar refractivity (Wildman–Crippen MR) is 134 cm³/mol. The number of aromatic nitrogens is 6. The van der Waals surface area contributed by atoms with Crippen molar-refractivity contribution >= 4 is 33.9 Å². The van der Waals surface area contributed by atoms with Gasteiger partial charge < -0.3 is 25.0 Å². The van der Waals surface area contributed by atoms with Crippen LogP contribution in [0.1, 0.15) is 5.56 Å². The van der Waals surface area contributed by atoms with Crippen LogP contribution in [0.5, 0.6) is 17.2 Å². The summed E-state index contributed by atoms with van der Waals surface area (Å²) in [6, 6.07) is 6.75. The Labute approximate surface area is 210 Å². The summed E-state index contributed by atoms with van der Waals surface area (Å²) >= 11 is 0. The number of piperazine rings is 1. The number of nitrogens with one attached hydrogen (secondary N) is 2. The van der Waals surface area contributed by atoms with E-state index in [2.05, 4.69) is 40.6 Å². The molecule has 37 heavy (non-hydrogen) atoms. The first kappa shape index (κ1) is 21.7. The zero-order chi connectivity index (χ0) is 24.9. The van der Waals surface area contributed by atoms with Gasteiger partial charge in [-0.05, 0) is 24.6 Å². The van der Waals surface area contributed by atoms with Crippen LogP contribution in [0, 0.1) is 12.7 Å². The maximum Gasteiger partial charge on any atom is 0.175 e. The molecule has 4 aromatic heterocycles. The third-order valence-corrected chi connectivity index (χ3v) is 6.66. The zero-order valence-electron chi connectivity index (χ0n) is 19.8. The van der Waals surface area contributed by atoms with Crippen molar-refractivity contribution in [3.63, 3.8) is 0 Å². The minimum atomic E-state index is -0.484. The number of hydrogen-bond acceptors (Lipinski definition) is 10. The molecule has 0 amide bonds. The number of rotatable bonds is 4. The third-order valence-electron chi connectivity index (χ3n) is 6.66. The Bertz CT molecular complexity index is 1660. The summed E-state index contributed by atoms with van der Waals surface area (Å²) in [5.41, 5.74) is 2.26. The van der Waals surface area contributed by atoms with Crippen LogP contribution < -0.4 is 25.0 Å². The number of halogens is 1. The lowest BCUT2D eigenvalue weighted by molar-refractivity contribution is 0.247. The van der Waals surface area contributed by atoms with E-state index in [0.717, 1.165) is 31.0 Å². The molecular weight excluding hydrogens is 477 g/mol. The molecule has 5 aromatic rings. The van der Waals surface area contributed by atoms with Gasteiger partial charge in [-0.2, -0.15) is 5.10 Å². The Hall–Kier alpha value is -4.58. The SMILES string of the molecule is Cc1cc(Nc2ncnc3cnc4c(c23)OC[C@H]2CNCCN42)c(F)cc1Oc1ccn2ncnc2c1. The third kappa shape index (κ3) is 3.73. The number of fused-ring (bicyclic) bond motifs is 6. The van der Waals surface area contributed by atoms with Crippen molar-refractivity contribution in [2.75, 3.05) is 36.5 Å². The van der Waals surface area contributed by atoms with E-state index in [1.54, 1.807) is 35.1 Å². The van der Waals surface area contributed by atoms with Gasteiger partial charge in [0, 0.05) is 38.0 Å². The van der Waals surface area contributed by atoms with E-state index >= 15 is 4.39 Å². The highest BCUT2D eigenvalue weighted by Crippen LogP contribution is 2.41. The average Bonchev–Trinajstić information content (AvgIpc) is 3.39. The maximum atomic E-state index is 15.3. The summed E-state index contributed by atoms with van der Waals surface area (Å²) in [4.78, 5) is 19.8. The Morgan fingerprint density at radius 3 is 3.05 bits per heavy atom. The molecule has 0 radical (unpaired) electrons. The van der Waals surface area contributed by atoms with E-state index < -0.39 is 5.82 Å². The summed E-state index contributed by atoms with van der Waals surface area (Å²) < 4.78 is 29.0. The Kier molecular flexibility index (Phi) is 4.99. The van der Waals surface area contributed by atoms with E-state index in [0.29, 0.717) is 46.2 Å². The van der Waals surface area contributed by atoms with Gasteiger partial charge in [0.05, 0.1) is 28.8 Å². The molecule has 0 unspecified atom stereocenters. The molecular formula is C25H22FN9O2. The molecule has 1 aromatic carbocycles. The number of benzene rings is 1. The molecule has 1 fully saturated rings. The number of pyridine rings is 2. The molecule has 6 heterocycles. The second-order valence-corrected chi connectivity index (χ2v) is 9.01. The second-order valence-electron chi connectivity index (χ2n) is 9.01. The van der Waals surface area contributed by atoms with Crippen LogP contribution in [-0.2, 0) is 0 Å². The van der Waals surface area contributed by atoms with Crippen molar-refractivity contribution in [2.45, 2.75) is 13.0 Å². The van der Waals surface area contributed by atoms with Crippen molar-refractivity contribution in [1.29, 1.82) is 0 Å². The van der Waals surface area contributed by atoms with E-state index in [4.69, 9.17) is 9.47 Å². The monoisotopic (exact) mass is 499 g/mol. The van der Waals surface area contributed by atoms with Crippen LogP contribution >= 0.6 is 0 Å². The van der Waals surface area contributed by atoms with Gasteiger partial charge in [-0.15, -0.1) is 0 Å². The zero-order valence-corrected chi connectivity index (χ0v) is 19.8. The molecule has 1 atom stereocenters. The fourth-order valence-corrected chi connectivity index (χ4v) is 4.80. The summed E-state index contributed by atoms with van der Waals surface area (Å²) in [7, 11) is 0. The van der Waals surface area contributed by atoms with Gasteiger partial charge in [0.1, 0.15) is 42.4 Å². The van der Waals surface area contributed by atoms with Crippen molar-refractivity contribution in [2.24, 2.45) is 0 Å². The molecule has 2 N–H and O–H groups in total. The summed E-state index contributed by atoms with van der Waals surface area (Å²) in [6.07, 6.45) is 6.33. The number of hydrogen-bond donors (Lipinski definition) is 2. The van der Waals surface area contributed by atoms with Gasteiger partial charge in [-0.1, -0.05) is 0 Å². The van der Waals surface area contributed by atoms with Crippen molar-refractivity contribution < 1.29 is 13.9 Å². The maximum absolute atomic E-state index is 15.3. The molecule has 2 aliphatic rings.